The van der Waals surface area contributed by atoms with E-state index < -0.39 is 11.4 Å². The minimum Gasteiger partial charge on any atom is -0.477 e. The topological polar surface area (TPSA) is 143 Å². The standard InChI is InChI=1S/C21H17N7O4S/c1-11-6-15(27-8-12(9-27)19(30)25-14-7-22-2-3-23-14)26-18-16(11)17(29)13(20(31)32)10-28(18)21-24-4-5-33-21/h2-7,10,12H,8-9H2,1H3,(H,31,32)(H,23,25,30). The Labute approximate surface area is 190 Å². The summed E-state index contributed by atoms with van der Waals surface area (Å²) in [6.07, 6.45) is 7.36. The first kappa shape index (κ1) is 20.7. The van der Waals surface area contributed by atoms with E-state index in [1.807, 2.05) is 4.90 Å². The molecule has 11 nitrogen and oxygen atoms in total. The number of carbonyl (C=O) groups excluding carboxylic acids is 1. The molecule has 1 amide bonds. The number of carboxylic acid groups (broad SMARTS) is 1. The Morgan fingerprint density at radius 1 is 1.21 bits per heavy atom. The number of aromatic nitrogens is 5. The highest BCUT2D eigenvalue weighted by molar-refractivity contribution is 7.12. The maximum absolute atomic E-state index is 12.9. The van der Waals surface area contributed by atoms with Crippen LogP contribution >= 0.6 is 11.3 Å². The number of rotatable bonds is 5. The summed E-state index contributed by atoms with van der Waals surface area (Å²) in [6.45, 7) is 2.63. The maximum atomic E-state index is 12.9. The van der Waals surface area contributed by atoms with E-state index in [4.69, 9.17) is 0 Å². The molecule has 0 saturated carbocycles. The van der Waals surface area contributed by atoms with Gasteiger partial charge in [0.15, 0.2) is 16.6 Å². The SMILES string of the molecule is Cc1cc(N2CC(C(=O)Nc3cnccn3)C2)nc2c1c(=O)c(C(=O)O)cn2-c1nccs1. The van der Waals surface area contributed by atoms with Gasteiger partial charge in [0.25, 0.3) is 0 Å². The predicted molar refractivity (Wildman–Crippen MR) is 121 cm³/mol. The highest BCUT2D eigenvalue weighted by Crippen LogP contribution is 2.28. The zero-order valence-corrected chi connectivity index (χ0v) is 18.1. The molecule has 0 spiro atoms. The molecule has 0 bridgehead atoms. The highest BCUT2D eigenvalue weighted by atomic mass is 32.1. The number of anilines is 2. The van der Waals surface area contributed by atoms with Crippen LogP contribution in [0.4, 0.5) is 11.6 Å². The quantitative estimate of drug-likeness (QED) is 0.452. The summed E-state index contributed by atoms with van der Waals surface area (Å²) in [5.41, 5.74) is -0.0185. The summed E-state index contributed by atoms with van der Waals surface area (Å²) < 4.78 is 1.53. The van der Waals surface area contributed by atoms with E-state index in [2.05, 4.69) is 25.3 Å². The van der Waals surface area contributed by atoms with Crippen molar-refractivity contribution < 1.29 is 14.7 Å². The van der Waals surface area contributed by atoms with Crippen LogP contribution in [0.2, 0.25) is 0 Å². The monoisotopic (exact) mass is 463 g/mol. The van der Waals surface area contributed by atoms with Crippen LogP contribution in [-0.4, -0.2) is 54.6 Å². The summed E-state index contributed by atoms with van der Waals surface area (Å²) >= 11 is 1.30. The molecule has 33 heavy (non-hydrogen) atoms. The van der Waals surface area contributed by atoms with Gasteiger partial charge >= 0.3 is 5.97 Å². The highest BCUT2D eigenvalue weighted by Gasteiger charge is 2.34. The van der Waals surface area contributed by atoms with E-state index in [1.54, 1.807) is 24.6 Å². The molecule has 0 radical (unpaired) electrons. The molecular weight excluding hydrogens is 446 g/mol. The molecule has 166 valence electrons. The minimum atomic E-state index is -1.31. The summed E-state index contributed by atoms with van der Waals surface area (Å²) in [6, 6.07) is 1.73. The average molecular weight is 463 g/mol. The third-order valence-corrected chi connectivity index (χ3v) is 6.16. The van der Waals surface area contributed by atoms with Crippen molar-refractivity contribution in [2.45, 2.75) is 6.92 Å². The van der Waals surface area contributed by atoms with Gasteiger partial charge in [-0.25, -0.2) is 19.7 Å². The van der Waals surface area contributed by atoms with Crippen molar-refractivity contribution in [2.24, 2.45) is 5.92 Å². The number of nitrogens with one attached hydrogen (secondary N) is 1. The minimum absolute atomic E-state index is 0.157. The Hall–Kier alpha value is -4.19. The van der Waals surface area contributed by atoms with E-state index in [-0.39, 0.29) is 22.8 Å². The summed E-state index contributed by atoms with van der Waals surface area (Å²) in [4.78, 5) is 55.8. The van der Waals surface area contributed by atoms with Gasteiger partial charge in [-0.15, -0.1) is 11.3 Å². The lowest BCUT2D eigenvalue weighted by molar-refractivity contribution is -0.120. The van der Waals surface area contributed by atoms with Crippen LogP contribution in [0.25, 0.3) is 16.2 Å². The maximum Gasteiger partial charge on any atom is 0.341 e. The molecular formula is C21H17N7O4S. The van der Waals surface area contributed by atoms with Gasteiger partial charge in [-0.2, -0.15) is 0 Å². The van der Waals surface area contributed by atoms with E-state index in [0.717, 1.165) is 0 Å². The molecule has 0 aliphatic carbocycles. The number of amides is 1. The largest absolute Gasteiger partial charge is 0.477 e. The lowest BCUT2D eigenvalue weighted by Gasteiger charge is -2.39. The lowest BCUT2D eigenvalue weighted by atomic mass is 9.98. The Bertz CT molecular complexity index is 1430. The van der Waals surface area contributed by atoms with Gasteiger partial charge in [0.1, 0.15) is 11.4 Å². The van der Waals surface area contributed by atoms with Crippen molar-refractivity contribution in [3.05, 3.63) is 63.8 Å². The molecule has 0 unspecified atom stereocenters. The molecule has 1 saturated heterocycles. The van der Waals surface area contributed by atoms with Gasteiger partial charge in [0.05, 0.1) is 17.5 Å². The molecule has 0 aromatic carbocycles. The molecule has 2 N–H and O–H groups in total. The van der Waals surface area contributed by atoms with Crippen molar-refractivity contribution >= 4 is 45.9 Å². The summed E-state index contributed by atoms with van der Waals surface area (Å²) in [5.74, 6) is -0.732. The molecule has 5 heterocycles. The van der Waals surface area contributed by atoms with E-state index in [0.29, 0.717) is 41.1 Å². The van der Waals surface area contributed by atoms with Gasteiger partial charge in [0.2, 0.25) is 11.3 Å². The van der Waals surface area contributed by atoms with Gasteiger partial charge in [-0.3, -0.25) is 19.1 Å². The number of hydrogen-bond donors (Lipinski definition) is 2. The fourth-order valence-electron chi connectivity index (χ4n) is 3.70. The number of pyridine rings is 2. The fourth-order valence-corrected chi connectivity index (χ4v) is 4.31. The summed E-state index contributed by atoms with van der Waals surface area (Å²) in [7, 11) is 0. The van der Waals surface area contributed by atoms with Gasteiger partial charge in [-0.1, -0.05) is 0 Å². The van der Waals surface area contributed by atoms with Gasteiger partial charge < -0.3 is 15.3 Å². The molecule has 12 heteroatoms. The number of fused-ring (bicyclic) bond motifs is 1. The smallest absolute Gasteiger partial charge is 0.341 e. The third-order valence-electron chi connectivity index (χ3n) is 5.39. The van der Waals surface area contributed by atoms with Crippen LogP contribution in [0.1, 0.15) is 15.9 Å². The van der Waals surface area contributed by atoms with Crippen LogP contribution in [0.5, 0.6) is 0 Å². The number of hydrogen-bond acceptors (Lipinski definition) is 9. The second kappa shape index (κ2) is 8.06. The third kappa shape index (κ3) is 3.69. The van der Waals surface area contributed by atoms with Crippen molar-refractivity contribution in [3.8, 4) is 5.13 Å². The van der Waals surface area contributed by atoms with E-state index >= 15 is 0 Å². The molecule has 1 aliphatic heterocycles. The number of carboxylic acids is 1. The Morgan fingerprint density at radius 2 is 2.03 bits per heavy atom. The fraction of sp³-hybridized carbons (Fsp3) is 0.190. The normalized spacial score (nSPS) is 13.7. The second-order valence-corrected chi connectivity index (χ2v) is 8.41. The van der Waals surface area contributed by atoms with Crippen molar-refractivity contribution in [1.29, 1.82) is 0 Å². The number of nitrogens with zero attached hydrogens (tertiary/aromatic N) is 6. The lowest BCUT2D eigenvalue weighted by Crippen LogP contribution is -2.52. The molecule has 1 aliphatic rings. The number of carbonyl (C=O) groups is 2. The number of aromatic carboxylic acids is 1. The van der Waals surface area contributed by atoms with Crippen LogP contribution in [0.3, 0.4) is 0 Å². The first-order chi connectivity index (χ1) is 15.9. The van der Waals surface area contributed by atoms with Crippen LogP contribution in [-0.2, 0) is 4.79 Å². The molecule has 5 rings (SSSR count). The predicted octanol–water partition coefficient (Wildman–Crippen LogP) is 1.71. The summed E-state index contributed by atoms with van der Waals surface area (Å²) in [5, 5.41) is 14.7. The molecule has 0 atom stereocenters. The Balaban J connectivity index is 1.48. The molecule has 4 aromatic heterocycles. The van der Waals surface area contributed by atoms with Crippen LogP contribution in [0, 0.1) is 12.8 Å². The zero-order chi connectivity index (χ0) is 23.1. The average Bonchev–Trinajstić information content (AvgIpc) is 3.28. The van der Waals surface area contributed by atoms with Crippen molar-refractivity contribution in [2.75, 3.05) is 23.3 Å². The Kier molecular flexibility index (Phi) is 5.05. The van der Waals surface area contributed by atoms with Crippen molar-refractivity contribution in [1.82, 2.24) is 24.5 Å². The first-order valence-corrected chi connectivity index (χ1v) is 10.8. The van der Waals surface area contributed by atoms with Crippen molar-refractivity contribution in [3.63, 3.8) is 0 Å². The number of aryl methyl sites for hydroxylation is 1. The van der Waals surface area contributed by atoms with Crippen LogP contribution in [0.15, 0.2) is 47.2 Å². The number of thiazole rings is 1. The Morgan fingerprint density at radius 3 is 2.70 bits per heavy atom. The van der Waals surface area contributed by atoms with Crippen LogP contribution < -0.4 is 15.6 Å². The zero-order valence-electron chi connectivity index (χ0n) is 17.3. The molecule has 4 aromatic rings. The van der Waals surface area contributed by atoms with E-state index in [9.17, 15) is 19.5 Å². The second-order valence-electron chi connectivity index (χ2n) is 7.54. The van der Waals surface area contributed by atoms with Gasteiger partial charge in [-0.05, 0) is 18.6 Å². The first-order valence-electron chi connectivity index (χ1n) is 9.94. The van der Waals surface area contributed by atoms with Gasteiger partial charge in [0, 0.05) is 43.3 Å². The van der Waals surface area contributed by atoms with E-state index in [1.165, 1.54) is 40.7 Å². The molecule has 1 fully saturated rings.